The van der Waals surface area contributed by atoms with Crippen LogP contribution in [0.2, 0.25) is 10.0 Å². The van der Waals surface area contributed by atoms with E-state index in [-0.39, 0.29) is 34.2 Å². The zero-order valence-corrected chi connectivity index (χ0v) is 26.6. The molecule has 5 aromatic rings. The van der Waals surface area contributed by atoms with E-state index in [1.807, 2.05) is 38.1 Å². The first kappa shape index (κ1) is 31.8. The summed E-state index contributed by atoms with van der Waals surface area (Å²) in [5.74, 6) is -0.0332. The van der Waals surface area contributed by atoms with Crippen LogP contribution in [0.3, 0.4) is 0 Å². The third kappa shape index (κ3) is 7.75. The molecule has 1 heterocycles. The highest BCUT2D eigenvalue weighted by molar-refractivity contribution is 7.92. The van der Waals surface area contributed by atoms with Crippen molar-refractivity contribution in [3.63, 3.8) is 0 Å². The molecule has 0 fully saturated rings. The van der Waals surface area contributed by atoms with Crippen LogP contribution in [-0.4, -0.2) is 36.8 Å². The Balaban J connectivity index is 1.28. The van der Waals surface area contributed by atoms with Gasteiger partial charge in [0.1, 0.15) is 11.6 Å². The summed E-state index contributed by atoms with van der Waals surface area (Å²) in [6, 6.07) is 22.7. The molecule has 0 aliphatic rings. The second-order valence-electron chi connectivity index (χ2n) is 11.1. The number of benzene rings is 4. The van der Waals surface area contributed by atoms with Crippen molar-refractivity contribution in [2.24, 2.45) is 11.1 Å². The van der Waals surface area contributed by atoms with Crippen LogP contribution in [0, 0.1) is 5.41 Å². The lowest BCUT2D eigenvalue weighted by atomic mass is 9.90. The number of hydrogen-bond donors (Lipinski definition) is 4. The summed E-state index contributed by atoms with van der Waals surface area (Å²) in [7, 11) is -4.07. The standard InChI is InChI=1S/C32H29Cl2N5O5S/c1-32(2,17-29(35)40)18-44-21-7-5-6-20(14-21)39-45(42,43)22-11-12-23(26(34)16-22)31(41)36-19-10-13-25(33)24(15-19)30-37-27-8-3-4-9-28(27)38-30/h3-16,39H,17-18H2,1-2H3,(H2,35,40)(H,36,41)(H,37,38). The maximum atomic E-state index is 13.2. The smallest absolute Gasteiger partial charge is 0.261 e. The van der Waals surface area contributed by atoms with Crippen molar-refractivity contribution in [2.75, 3.05) is 16.6 Å². The number of nitrogens with two attached hydrogens (primary N) is 1. The molecule has 0 spiro atoms. The number of ether oxygens (including phenoxy) is 1. The Bertz CT molecular complexity index is 1990. The highest BCUT2D eigenvalue weighted by Crippen LogP contribution is 2.31. The molecule has 232 valence electrons. The van der Waals surface area contributed by atoms with Crippen molar-refractivity contribution in [3.8, 4) is 17.1 Å². The van der Waals surface area contributed by atoms with Crippen molar-refractivity contribution in [1.82, 2.24) is 9.97 Å². The van der Waals surface area contributed by atoms with Crippen molar-refractivity contribution < 1.29 is 22.7 Å². The average molecular weight is 667 g/mol. The van der Waals surface area contributed by atoms with E-state index in [0.29, 0.717) is 27.8 Å². The Labute approximate surface area is 270 Å². The van der Waals surface area contributed by atoms with Gasteiger partial charge in [-0.2, -0.15) is 0 Å². The maximum Gasteiger partial charge on any atom is 0.261 e. The summed E-state index contributed by atoms with van der Waals surface area (Å²) < 4.78 is 34.6. The molecule has 0 saturated carbocycles. The number of H-pyrrole nitrogens is 1. The fourth-order valence-corrected chi connectivity index (χ4v) is 6.19. The number of hydrogen-bond acceptors (Lipinski definition) is 6. The number of carbonyl (C=O) groups is 2. The molecule has 0 atom stereocenters. The van der Waals surface area contributed by atoms with Crippen LogP contribution in [0.25, 0.3) is 22.4 Å². The number of para-hydroxylation sites is 2. The molecular formula is C32H29Cl2N5O5S. The summed E-state index contributed by atoms with van der Waals surface area (Å²) in [5, 5.41) is 3.16. The summed E-state index contributed by atoms with van der Waals surface area (Å²) in [4.78, 5) is 32.1. The molecule has 4 aromatic carbocycles. The fourth-order valence-electron chi connectivity index (χ4n) is 4.58. The van der Waals surface area contributed by atoms with Crippen molar-refractivity contribution in [3.05, 3.63) is 101 Å². The number of halogens is 2. The van der Waals surface area contributed by atoms with Gasteiger partial charge in [-0.25, -0.2) is 13.4 Å². The predicted molar refractivity (Wildman–Crippen MR) is 176 cm³/mol. The van der Waals surface area contributed by atoms with Crippen molar-refractivity contribution in [1.29, 1.82) is 0 Å². The lowest BCUT2D eigenvalue weighted by Crippen LogP contribution is -2.28. The van der Waals surface area contributed by atoms with Gasteiger partial charge in [0.25, 0.3) is 15.9 Å². The molecule has 5 rings (SSSR count). The normalized spacial score (nSPS) is 11.7. The Morgan fingerprint density at radius 3 is 2.44 bits per heavy atom. The van der Waals surface area contributed by atoms with Crippen LogP contribution in [0.4, 0.5) is 11.4 Å². The summed E-state index contributed by atoms with van der Waals surface area (Å²) in [5.41, 5.74) is 7.77. The number of carbonyl (C=O) groups excluding carboxylic acids is 2. The number of fused-ring (bicyclic) bond motifs is 1. The first-order valence-electron chi connectivity index (χ1n) is 13.7. The monoisotopic (exact) mass is 665 g/mol. The zero-order valence-electron chi connectivity index (χ0n) is 24.2. The van der Waals surface area contributed by atoms with Crippen LogP contribution in [0.15, 0.2) is 89.8 Å². The van der Waals surface area contributed by atoms with Gasteiger partial charge in [0.05, 0.1) is 43.8 Å². The molecule has 10 nitrogen and oxygen atoms in total. The van der Waals surface area contributed by atoms with Gasteiger partial charge < -0.3 is 20.8 Å². The van der Waals surface area contributed by atoms with E-state index in [0.717, 1.165) is 11.0 Å². The number of aromatic nitrogens is 2. The zero-order chi connectivity index (χ0) is 32.4. The Morgan fingerprint density at radius 2 is 1.71 bits per heavy atom. The van der Waals surface area contributed by atoms with Gasteiger partial charge >= 0.3 is 0 Å². The number of aromatic amines is 1. The minimum atomic E-state index is -4.07. The van der Waals surface area contributed by atoms with Crippen LogP contribution in [-0.2, 0) is 14.8 Å². The van der Waals surface area contributed by atoms with Gasteiger partial charge in [0.2, 0.25) is 5.91 Å². The van der Waals surface area contributed by atoms with Crippen LogP contribution >= 0.6 is 23.2 Å². The number of sulfonamides is 1. The number of anilines is 2. The quantitative estimate of drug-likeness (QED) is 0.121. The van der Waals surface area contributed by atoms with E-state index in [2.05, 4.69) is 20.0 Å². The summed E-state index contributed by atoms with van der Waals surface area (Å²) in [6.07, 6.45) is 0.136. The Kier molecular flexibility index (Phi) is 9.06. The molecule has 45 heavy (non-hydrogen) atoms. The minimum absolute atomic E-state index is 0.0596. The molecular weight excluding hydrogens is 637 g/mol. The lowest BCUT2D eigenvalue weighted by Gasteiger charge is -2.23. The summed E-state index contributed by atoms with van der Waals surface area (Å²) >= 11 is 12.8. The topological polar surface area (TPSA) is 156 Å². The number of rotatable bonds is 11. The van der Waals surface area contributed by atoms with E-state index in [4.69, 9.17) is 33.7 Å². The molecule has 5 N–H and O–H groups in total. The van der Waals surface area contributed by atoms with E-state index >= 15 is 0 Å². The number of nitrogens with one attached hydrogen (secondary N) is 3. The minimum Gasteiger partial charge on any atom is -0.493 e. The number of imidazole rings is 1. The molecule has 0 saturated heterocycles. The SMILES string of the molecule is CC(C)(COc1cccc(NS(=O)(=O)c2ccc(C(=O)Nc3ccc(Cl)c(-c4nc5ccccc5[nH]4)c3)c(Cl)c2)c1)CC(N)=O. The van der Waals surface area contributed by atoms with Gasteiger partial charge in [-0.15, -0.1) is 0 Å². The lowest BCUT2D eigenvalue weighted by molar-refractivity contribution is -0.120. The first-order valence-corrected chi connectivity index (χ1v) is 15.9. The molecule has 0 unspecified atom stereocenters. The second kappa shape index (κ2) is 12.8. The molecule has 1 aromatic heterocycles. The van der Waals surface area contributed by atoms with E-state index in [9.17, 15) is 18.0 Å². The third-order valence-electron chi connectivity index (χ3n) is 6.73. The van der Waals surface area contributed by atoms with Crippen LogP contribution in [0.5, 0.6) is 5.75 Å². The Hall–Kier alpha value is -4.58. The van der Waals surface area contributed by atoms with Gasteiger partial charge in [-0.1, -0.05) is 55.2 Å². The van der Waals surface area contributed by atoms with Crippen LogP contribution in [0.1, 0.15) is 30.6 Å². The van der Waals surface area contributed by atoms with Gasteiger partial charge in [-0.3, -0.25) is 14.3 Å². The van der Waals surface area contributed by atoms with Gasteiger partial charge in [0.15, 0.2) is 0 Å². The maximum absolute atomic E-state index is 13.2. The largest absolute Gasteiger partial charge is 0.493 e. The average Bonchev–Trinajstić information content (AvgIpc) is 3.40. The van der Waals surface area contributed by atoms with Gasteiger partial charge in [-0.05, 0) is 60.7 Å². The molecule has 0 aliphatic carbocycles. The Morgan fingerprint density at radius 1 is 0.933 bits per heavy atom. The summed E-state index contributed by atoms with van der Waals surface area (Å²) in [6.45, 7) is 3.88. The second-order valence-corrected chi connectivity index (χ2v) is 13.6. The van der Waals surface area contributed by atoms with E-state index in [1.165, 1.54) is 24.3 Å². The molecule has 2 amide bonds. The van der Waals surface area contributed by atoms with E-state index in [1.54, 1.807) is 36.4 Å². The van der Waals surface area contributed by atoms with Gasteiger partial charge in [0, 0.05) is 29.2 Å². The fraction of sp³-hybridized carbons (Fsp3) is 0.156. The number of amides is 2. The molecule has 13 heteroatoms. The molecule has 0 aliphatic heterocycles. The number of primary amides is 1. The molecule has 0 radical (unpaired) electrons. The van der Waals surface area contributed by atoms with E-state index < -0.39 is 27.3 Å². The van der Waals surface area contributed by atoms with Crippen LogP contribution < -0.4 is 20.5 Å². The highest BCUT2D eigenvalue weighted by atomic mass is 35.5. The third-order valence-corrected chi connectivity index (χ3v) is 8.75. The molecule has 0 bridgehead atoms. The predicted octanol–water partition coefficient (Wildman–Crippen LogP) is 6.87. The highest BCUT2D eigenvalue weighted by Gasteiger charge is 2.23. The first-order chi connectivity index (χ1) is 21.3. The van der Waals surface area contributed by atoms with Crippen molar-refractivity contribution in [2.45, 2.75) is 25.2 Å². The van der Waals surface area contributed by atoms with Crippen molar-refractivity contribution >= 4 is 67.4 Å². The number of nitrogens with zero attached hydrogens (tertiary/aromatic N) is 1.